The summed E-state index contributed by atoms with van der Waals surface area (Å²) in [6.07, 6.45) is 3.69. The van der Waals surface area contributed by atoms with Gasteiger partial charge in [0.15, 0.2) is 0 Å². The summed E-state index contributed by atoms with van der Waals surface area (Å²) in [5.41, 5.74) is 5.85. The highest BCUT2D eigenvalue weighted by molar-refractivity contribution is 7.98. The molecule has 17 heavy (non-hydrogen) atoms. The summed E-state index contributed by atoms with van der Waals surface area (Å²) in [5, 5.41) is 2.06. The van der Waals surface area contributed by atoms with Crippen molar-refractivity contribution >= 4 is 29.0 Å². The number of hydrogen-bond donors (Lipinski definition) is 1. The van der Waals surface area contributed by atoms with Crippen molar-refractivity contribution < 1.29 is 4.79 Å². The molecule has 2 N–H and O–H groups in total. The Kier molecular flexibility index (Phi) is 6.62. The van der Waals surface area contributed by atoms with Gasteiger partial charge in [0, 0.05) is 18.5 Å². The van der Waals surface area contributed by atoms with Gasteiger partial charge < -0.3 is 10.6 Å². The van der Waals surface area contributed by atoms with Gasteiger partial charge in [-0.2, -0.15) is 11.8 Å². The SMILES string of the molecule is CSCC[C@@H](N)C(=O)N(C)CCc1cccs1. The first-order valence-electron chi connectivity index (χ1n) is 5.67. The van der Waals surface area contributed by atoms with Gasteiger partial charge in [0.25, 0.3) is 0 Å². The van der Waals surface area contributed by atoms with Gasteiger partial charge in [0.2, 0.25) is 5.91 Å². The summed E-state index contributed by atoms with van der Waals surface area (Å²) >= 11 is 3.45. The fourth-order valence-corrected chi connectivity index (χ4v) is 2.68. The molecule has 5 heteroatoms. The van der Waals surface area contributed by atoms with Gasteiger partial charge in [0.1, 0.15) is 0 Å². The highest BCUT2D eigenvalue weighted by Gasteiger charge is 2.17. The normalized spacial score (nSPS) is 12.4. The lowest BCUT2D eigenvalue weighted by Gasteiger charge is -2.20. The van der Waals surface area contributed by atoms with E-state index in [1.165, 1.54) is 4.88 Å². The third-order valence-corrected chi connectivity index (χ3v) is 4.18. The largest absolute Gasteiger partial charge is 0.344 e. The van der Waals surface area contributed by atoms with Gasteiger partial charge in [0.05, 0.1) is 6.04 Å². The van der Waals surface area contributed by atoms with Gasteiger partial charge >= 0.3 is 0 Å². The van der Waals surface area contributed by atoms with Crippen LogP contribution in [0.5, 0.6) is 0 Å². The quantitative estimate of drug-likeness (QED) is 0.824. The van der Waals surface area contributed by atoms with Crippen molar-refractivity contribution in [1.82, 2.24) is 4.90 Å². The molecule has 96 valence electrons. The minimum atomic E-state index is -0.351. The number of carbonyl (C=O) groups excluding carboxylic acids is 1. The first kappa shape index (κ1) is 14.5. The number of thiophene rings is 1. The standard InChI is InChI=1S/C12H20N2OS2/c1-14(7-5-10-4-3-8-17-10)12(15)11(13)6-9-16-2/h3-4,8,11H,5-7,9,13H2,1-2H3/t11-/m1/s1. The molecule has 1 aromatic rings. The van der Waals surface area contributed by atoms with E-state index in [0.717, 1.165) is 25.1 Å². The molecule has 0 saturated carbocycles. The van der Waals surface area contributed by atoms with Crippen LogP contribution in [0.25, 0.3) is 0 Å². The van der Waals surface area contributed by atoms with E-state index in [0.29, 0.717) is 0 Å². The predicted molar refractivity (Wildman–Crippen MR) is 76.6 cm³/mol. The molecule has 0 spiro atoms. The monoisotopic (exact) mass is 272 g/mol. The van der Waals surface area contributed by atoms with Crippen LogP contribution in [-0.2, 0) is 11.2 Å². The highest BCUT2D eigenvalue weighted by atomic mass is 32.2. The van der Waals surface area contributed by atoms with Crippen LogP contribution >= 0.6 is 23.1 Å². The fraction of sp³-hybridized carbons (Fsp3) is 0.583. The first-order chi connectivity index (χ1) is 8.15. The van der Waals surface area contributed by atoms with Crippen molar-refractivity contribution in [3.63, 3.8) is 0 Å². The van der Waals surface area contributed by atoms with Crippen molar-refractivity contribution in [1.29, 1.82) is 0 Å². The van der Waals surface area contributed by atoms with Gasteiger partial charge in [-0.1, -0.05) is 6.07 Å². The smallest absolute Gasteiger partial charge is 0.239 e. The van der Waals surface area contributed by atoms with Crippen LogP contribution in [0.2, 0.25) is 0 Å². The van der Waals surface area contributed by atoms with E-state index >= 15 is 0 Å². The average molecular weight is 272 g/mol. The molecule has 1 aromatic heterocycles. The molecular weight excluding hydrogens is 252 g/mol. The van der Waals surface area contributed by atoms with Crippen LogP contribution < -0.4 is 5.73 Å². The van der Waals surface area contributed by atoms with E-state index in [2.05, 4.69) is 11.4 Å². The Balaban J connectivity index is 2.31. The van der Waals surface area contributed by atoms with E-state index in [4.69, 9.17) is 5.73 Å². The number of carbonyl (C=O) groups is 1. The Hall–Kier alpha value is -0.520. The first-order valence-corrected chi connectivity index (χ1v) is 7.94. The maximum Gasteiger partial charge on any atom is 0.239 e. The Bertz CT molecular complexity index is 327. The van der Waals surface area contributed by atoms with Crippen molar-refractivity contribution in [3.8, 4) is 0 Å². The van der Waals surface area contributed by atoms with Crippen molar-refractivity contribution in [2.75, 3.05) is 25.6 Å². The number of nitrogens with zero attached hydrogens (tertiary/aromatic N) is 1. The van der Waals surface area contributed by atoms with Crippen LogP contribution in [0, 0.1) is 0 Å². The Morgan fingerprint density at radius 3 is 3.00 bits per heavy atom. The van der Waals surface area contributed by atoms with Gasteiger partial charge in [-0.05, 0) is 36.3 Å². The molecule has 0 aliphatic carbocycles. The summed E-state index contributed by atoms with van der Waals surface area (Å²) < 4.78 is 0. The van der Waals surface area contributed by atoms with Gasteiger partial charge in [-0.3, -0.25) is 4.79 Å². The van der Waals surface area contributed by atoms with E-state index in [1.54, 1.807) is 28.0 Å². The van der Waals surface area contributed by atoms with Crippen molar-refractivity contribution in [3.05, 3.63) is 22.4 Å². The van der Waals surface area contributed by atoms with Crippen molar-refractivity contribution in [2.45, 2.75) is 18.9 Å². The third kappa shape index (κ3) is 5.10. The number of rotatable bonds is 7. The molecule has 0 aromatic carbocycles. The van der Waals surface area contributed by atoms with Crippen molar-refractivity contribution in [2.24, 2.45) is 5.73 Å². The molecule has 0 radical (unpaired) electrons. The Morgan fingerprint density at radius 2 is 2.41 bits per heavy atom. The second-order valence-electron chi connectivity index (χ2n) is 3.98. The highest BCUT2D eigenvalue weighted by Crippen LogP contribution is 2.10. The number of likely N-dealkylation sites (N-methyl/N-ethyl adjacent to an activating group) is 1. The summed E-state index contributed by atoms with van der Waals surface area (Å²) in [5.74, 6) is 0.988. The van der Waals surface area contributed by atoms with E-state index in [1.807, 2.05) is 19.4 Å². The maximum absolute atomic E-state index is 11.9. The summed E-state index contributed by atoms with van der Waals surface area (Å²) in [6, 6.07) is 3.78. The Morgan fingerprint density at radius 1 is 1.65 bits per heavy atom. The number of hydrogen-bond acceptors (Lipinski definition) is 4. The average Bonchev–Trinajstić information content (AvgIpc) is 2.85. The van der Waals surface area contributed by atoms with Gasteiger partial charge in [-0.25, -0.2) is 0 Å². The lowest BCUT2D eigenvalue weighted by atomic mass is 10.2. The Labute approximate surface area is 111 Å². The van der Waals surface area contributed by atoms with Crippen LogP contribution in [0.4, 0.5) is 0 Å². The third-order valence-electron chi connectivity index (χ3n) is 2.60. The lowest BCUT2D eigenvalue weighted by Crippen LogP contribution is -2.42. The summed E-state index contributed by atoms with van der Waals surface area (Å²) in [4.78, 5) is 15.0. The molecule has 0 bridgehead atoms. The lowest BCUT2D eigenvalue weighted by molar-refractivity contribution is -0.131. The van der Waals surface area contributed by atoms with E-state index in [-0.39, 0.29) is 11.9 Å². The van der Waals surface area contributed by atoms with Gasteiger partial charge in [-0.15, -0.1) is 11.3 Å². The molecule has 0 aliphatic heterocycles. The van der Waals surface area contributed by atoms with Crippen LogP contribution in [0.15, 0.2) is 17.5 Å². The van der Waals surface area contributed by atoms with E-state index < -0.39 is 0 Å². The minimum Gasteiger partial charge on any atom is -0.344 e. The minimum absolute atomic E-state index is 0.0515. The van der Waals surface area contributed by atoms with E-state index in [9.17, 15) is 4.79 Å². The zero-order valence-electron chi connectivity index (χ0n) is 10.4. The van der Waals surface area contributed by atoms with Crippen LogP contribution in [0.3, 0.4) is 0 Å². The zero-order chi connectivity index (χ0) is 12.7. The molecule has 1 heterocycles. The molecule has 3 nitrogen and oxygen atoms in total. The second kappa shape index (κ2) is 7.74. The molecule has 0 aliphatic rings. The summed E-state index contributed by atoms with van der Waals surface area (Å²) in [7, 11) is 1.83. The zero-order valence-corrected chi connectivity index (χ0v) is 12.0. The molecule has 0 unspecified atom stereocenters. The molecular formula is C12H20N2OS2. The molecule has 1 amide bonds. The van der Waals surface area contributed by atoms with Crippen LogP contribution in [0.1, 0.15) is 11.3 Å². The topological polar surface area (TPSA) is 46.3 Å². The maximum atomic E-state index is 11.9. The van der Waals surface area contributed by atoms with Crippen LogP contribution in [-0.4, -0.2) is 42.4 Å². The number of nitrogens with two attached hydrogens (primary N) is 1. The second-order valence-corrected chi connectivity index (χ2v) is 5.99. The molecule has 0 saturated heterocycles. The number of thioether (sulfide) groups is 1. The molecule has 0 fully saturated rings. The predicted octanol–water partition coefficient (Wildman–Crippen LogP) is 1.83. The molecule has 1 rings (SSSR count). The fourth-order valence-electron chi connectivity index (χ4n) is 1.49. The number of amides is 1. The molecule has 1 atom stereocenters. The summed E-state index contributed by atoms with van der Waals surface area (Å²) in [6.45, 7) is 0.742.